The maximum atomic E-state index is 12.6. The highest BCUT2D eigenvalue weighted by Crippen LogP contribution is 2.70. The summed E-state index contributed by atoms with van der Waals surface area (Å²) >= 11 is 0. The summed E-state index contributed by atoms with van der Waals surface area (Å²) in [5.74, 6) is 1.56. The third-order valence-corrected chi connectivity index (χ3v) is 13.2. The summed E-state index contributed by atoms with van der Waals surface area (Å²) in [5.41, 5.74) is -0.321. The molecule has 0 aromatic heterocycles. The molecule has 0 aromatic rings. The third kappa shape index (κ3) is 5.11. The number of aliphatic hydroxyl groups is 1. The Bertz CT molecular complexity index is 1210. The van der Waals surface area contributed by atoms with Gasteiger partial charge in [0.15, 0.2) is 0 Å². The first-order valence-electron chi connectivity index (χ1n) is 15.6. The molecule has 5 heterocycles. The van der Waals surface area contributed by atoms with Crippen molar-refractivity contribution >= 4 is 26.1 Å². The van der Waals surface area contributed by atoms with Crippen LogP contribution in [0.25, 0.3) is 0 Å². The molecule has 3 amide bonds. The molecule has 45 heavy (non-hydrogen) atoms. The molecule has 0 aromatic carbocycles. The van der Waals surface area contributed by atoms with Gasteiger partial charge in [-0.2, -0.15) is 0 Å². The smallest absolute Gasteiger partial charge is 0.249 e. The van der Waals surface area contributed by atoms with Crippen LogP contribution in [0, 0.1) is 45.3 Å². The Balaban J connectivity index is 0.000000232. The second-order valence-corrected chi connectivity index (χ2v) is 16.6. The van der Waals surface area contributed by atoms with E-state index in [0.29, 0.717) is 37.0 Å². The Labute approximate surface area is 274 Å². The molecule has 5 aliphatic heterocycles. The van der Waals surface area contributed by atoms with E-state index in [1.54, 1.807) is 11.0 Å². The number of fused-ring (bicyclic) bond motifs is 5. The summed E-state index contributed by atoms with van der Waals surface area (Å²) in [6.07, 6.45) is 3.52. The average Bonchev–Trinajstić information content (AvgIpc) is 3.64. The predicted molar refractivity (Wildman–Crippen MR) is 178 cm³/mol. The normalized spacial score (nSPS) is 38.1. The molecule has 9 nitrogen and oxygen atoms in total. The van der Waals surface area contributed by atoms with Gasteiger partial charge in [0, 0.05) is 26.3 Å². The van der Waals surface area contributed by atoms with Gasteiger partial charge in [-0.15, -0.1) is 0 Å². The Morgan fingerprint density at radius 2 is 1.24 bits per heavy atom. The first-order chi connectivity index (χ1) is 19.1. The molecule has 7 unspecified atom stereocenters. The van der Waals surface area contributed by atoms with Crippen LogP contribution in [0.1, 0.15) is 97.9 Å². The lowest BCUT2D eigenvalue weighted by Gasteiger charge is -2.62. The lowest BCUT2D eigenvalue weighted by molar-refractivity contribution is -0.176. The van der Waals surface area contributed by atoms with Gasteiger partial charge in [0.2, 0.25) is 17.7 Å². The fourth-order valence-electron chi connectivity index (χ4n) is 9.46. The molecular weight excluding hydrogens is 569 g/mol. The fraction of sp³-hybridized carbons (Fsp3) is 0.857. The van der Waals surface area contributed by atoms with Gasteiger partial charge in [0.25, 0.3) is 0 Å². The summed E-state index contributed by atoms with van der Waals surface area (Å²) in [7, 11) is 0. The number of ether oxygens (including phenoxy) is 2. The van der Waals surface area contributed by atoms with E-state index in [2.05, 4.69) is 60.7 Å². The Morgan fingerprint density at radius 3 is 1.78 bits per heavy atom. The van der Waals surface area contributed by atoms with Crippen molar-refractivity contribution in [1.82, 2.24) is 15.1 Å². The van der Waals surface area contributed by atoms with Crippen LogP contribution < -0.4 is 5.32 Å². The zero-order chi connectivity index (χ0) is 31.6. The molecule has 0 bridgehead atoms. The van der Waals surface area contributed by atoms with Crippen LogP contribution in [0.2, 0.25) is 0 Å². The third-order valence-electron chi connectivity index (χ3n) is 13.2. The van der Waals surface area contributed by atoms with E-state index in [4.69, 9.17) is 9.47 Å². The van der Waals surface area contributed by atoms with Crippen LogP contribution in [0.4, 0.5) is 0 Å². The standard InChI is InChI=1S/C14H23NO2.C11H19NO2.C8H11NO2.2CH4.B/c1-12(2)9-8-7-17-14(5,6)15(8)11(16)10(9)13(12,3)4;1-10(2)7-6(5-13)12-9(14)8(7)11(10,3)4;1-8(2)9-6(5-11-8)3-4-7(9)10;;;/h8-10H,7H2,1-6H3;6-8,13H,5H2,1-4H3,(H,12,14);3-4,6H,5H2,1-2H3;2*1H4;. The molecule has 0 spiro atoms. The second kappa shape index (κ2) is 11.7. The molecule has 2 saturated carbocycles. The minimum atomic E-state index is -0.411. The molecule has 2 aliphatic carbocycles. The number of nitrogens with zero attached hydrogens (tertiary/aromatic N) is 2. The molecule has 7 aliphatic rings. The van der Waals surface area contributed by atoms with E-state index in [9.17, 15) is 19.5 Å². The van der Waals surface area contributed by atoms with E-state index in [1.807, 2.05) is 38.7 Å². The maximum Gasteiger partial charge on any atom is 0.249 e. The fourth-order valence-corrected chi connectivity index (χ4v) is 9.46. The highest BCUT2D eigenvalue weighted by Gasteiger charge is 2.74. The average molecular weight is 631 g/mol. The van der Waals surface area contributed by atoms with Gasteiger partial charge >= 0.3 is 0 Å². The summed E-state index contributed by atoms with van der Waals surface area (Å²) in [6.45, 7) is 27.0. The van der Waals surface area contributed by atoms with Crippen LogP contribution in [-0.2, 0) is 23.9 Å². The molecular formula is C35H61BN3O6. The van der Waals surface area contributed by atoms with Gasteiger partial charge in [-0.05, 0) is 61.2 Å². The Morgan fingerprint density at radius 1 is 0.756 bits per heavy atom. The molecule has 6 fully saturated rings. The monoisotopic (exact) mass is 630 g/mol. The van der Waals surface area contributed by atoms with Crippen molar-refractivity contribution in [1.29, 1.82) is 0 Å². The van der Waals surface area contributed by atoms with Crippen LogP contribution in [-0.4, -0.2) is 90.4 Å². The van der Waals surface area contributed by atoms with E-state index in [1.165, 1.54) is 0 Å². The first kappa shape index (κ1) is 39.3. The van der Waals surface area contributed by atoms with Crippen LogP contribution >= 0.6 is 0 Å². The first-order valence-corrected chi connectivity index (χ1v) is 15.6. The van der Waals surface area contributed by atoms with Crippen molar-refractivity contribution in [2.45, 2.75) is 128 Å². The van der Waals surface area contributed by atoms with Crippen molar-refractivity contribution in [3.05, 3.63) is 12.2 Å². The molecule has 2 N–H and O–H groups in total. The number of hydrogen-bond acceptors (Lipinski definition) is 6. The van der Waals surface area contributed by atoms with E-state index in [-0.39, 0.29) is 87.3 Å². The zero-order valence-electron chi connectivity index (χ0n) is 28.3. The minimum absolute atomic E-state index is 0. The van der Waals surface area contributed by atoms with Crippen molar-refractivity contribution in [3.8, 4) is 0 Å². The number of aliphatic hydroxyl groups excluding tert-OH is 1. The molecule has 4 saturated heterocycles. The van der Waals surface area contributed by atoms with Crippen molar-refractivity contribution in [2.24, 2.45) is 45.3 Å². The van der Waals surface area contributed by atoms with Gasteiger partial charge < -0.3 is 29.7 Å². The van der Waals surface area contributed by atoms with Gasteiger partial charge in [-0.1, -0.05) is 76.3 Å². The van der Waals surface area contributed by atoms with Gasteiger partial charge in [-0.3, -0.25) is 14.4 Å². The lowest BCUT2D eigenvalue weighted by Crippen LogP contribution is -2.62. The van der Waals surface area contributed by atoms with Crippen LogP contribution in [0.3, 0.4) is 0 Å². The van der Waals surface area contributed by atoms with E-state index < -0.39 is 11.4 Å². The highest BCUT2D eigenvalue weighted by atomic mass is 16.5. The summed E-state index contributed by atoms with van der Waals surface area (Å²) < 4.78 is 11.2. The van der Waals surface area contributed by atoms with Gasteiger partial charge in [0.05, 0.1) is 37.9 Å². The van der Waals surface area contributed by atoms with Gasteiger partial charge in [0.1, 0.15) is 11.4 Å². The maximum absolute atomic E-state index is 12.6. The largest absolute Gasteiger partial charge is 0.394 e. The van der Waals surface area contributed by atoms with Gasteiger partial charge in [-0.25, -0.2) is 0 Å². The number of carbonyl (C=O) groups is 3. The van der Waals surface area contributed by atoms with E-state index in [0.717, 1.165) is 0 Å². The number of amides is 3. The predicted octanol–water partition coefficient (Wildman–Crippen LogP) is 4.45. The molecule has 7 rings (SSSR count). The van der Waals surface area contributed by atoms with Crippen molar-refractivity contribution in [3.63, 3.8) is 0 Å². The second-order valence-electron chi connectivity index (χ2n) is 16.6. The zero-order valence-corrected chi connectivity index (χ0v) is 28.3. The molecule has 255 valence electrons. The van der Waals surface area contributed by atoms with Crippen molar-refractivity contribution < 1.29 is 29.0 Å². The van der Waals surface area contributed by atoms with Crippen LogP contribution in [0.15, 0.2) is 12.2 Å². The lowest BCUT2D eigenvalue weighted by atomic mass is 9.40. The Kier molecular flexibility index (Phi) is 10.2. The number of carbonyl (C=O) groups excluding carboxylic acids is 3. The van der Waals surface area contributed by atoms with Crippen molar-refractivity contribution in [2.75, 3.05) is 19.8 Å². The summed E-state index contributed by atoms with van der Waals surface area (Å²) in [5, 5.41) is 12.1. The Hall–Kier alpha value is -1.91. The van der Waals surface area contributed by atoms with E-state index >= 15 is 0 Å². The number of nitrogens with one attached hydrogen (secondary N) is 1. The quantitative estimate of drug-likeness (QED) is 0.415. The summed E-state index contributed by atoms with van der Waals surface area (Å²) in [4.78, 5) is 39.3. The van der Waals surface area contributed by atoms with Crippen LogP contribution in [0.5, 0.6) is 0 Å². The number of rotatable bonds is 1. The topological polar surface area (TPSA) is 108 Å². The highest BCUT2D eigenvalue weighted by molar-refractivity contribution is 5.91. The number of hydrogen-bond donors (Lipinski definition) is 2. The minimum Gasteiger partial charge on any atom is -0.394 e. The summed E-state index contributed by atoms with van der Waals surface area (Å²) in [6, 6.07) is 0.443. The molecule has 7 atom stereocenters. The molecule has 10 heteroatoms. The molecule has 3 radical (unpaired) electrons. The SMILES string of the molecule is C.C.CC1(C)C2C(=O)NC(CO)C2C1(C)C.CC1(C)OCC2C3C(C(=O)N21)C(C)(C)C3(C)C.CC1(C)OCC2C=CC(=O)N21.[B].